The minimum Gasteiger partial charge on any atom is -0.334 e. The number of alkyl halides is 1. The van der Waals surface area contributed by atoms with Gasteiger partial charge < -0.3 is 9.84 Å². The van der Waals surface area contributed by atoms with E-state index in [1.54, 1.807) is 24.5 Å². The molecule has 0 unspecified atom stereocenters. The summed E-state index contributed by atoms with van der Waals surface area (Å²) in [4.78, 5) is 8.54. The van der Waals surface area contributed by atoms with Gasteiger partial charge >= 0.3 is 0 Å². The normalized spacial score (nSPS) is 13.3. The van der Waals surface area contributed by atoms with Gasteiger partial charge in [0.05, 0.1) is 0 Å². The molecule has 1 N–H and O–H groups in total. The number of aromatic nitrogens is 6. The van der Waals surface area contributed by atoms with Gasteiger partial charge in [0.1, 0.15) is 0 Å². The number of nitrogens with zero attached hydrogens (tertiary/aromatic N) is 6. The molecular formula is C18H15ClIN7O. The van der Waals surface area contributed by atoms with E-state index in [2.05, 4.69) is 53.2 Å². The number of hydrogen-bond donors (Lipinski definition) is 1. The highest BCUT2D eigenvalue weighted by Crippen LogP contribution is 2.32. The lowest BCUT2D eigenvalue weighted by Crippen LogP contribution is -2.27. The summed E-state index contributed by atoms with van der Waals surface area (Å²) in [5.41, 5.74) is 1.69. The average Bonchev–Trinajstić information content (AvgIpc) is 3.31. The largest absolute Gasteiger partial charge is 0.334 e. The Bertz CT molecular complexity index is 1110. The lowest BCUT2D eigenvalue weighted by Gasteiger charge is -2.20. The van der Waals surface area contributed by atoms with Gasteiger partial charge in [0.2, 0.25) is 11.8 Å². The predicted molar refractivity (Wildman–Crippen MR) is 114 cm³/mol. The van der Waals surface area contributed by atoms with Crippen LogP contribution in [-0.4, -0.2) is 29.9 Å². The van der Waals surface area contributed by atoms with Crippen molar-refractivity contribution < 1.29 is 4.52 Å². The van der Waals surface area contributed by atoms with Crippen LogP contribution in [0, 0.1) is 0 Å². The van der Waals surface area contributed by atoms with Crippen LogP contribution in [0.1, 0.15) is 12.7 Å². The molecule has 0 saturated heterocycles. The fourth-order valence-electron chi connectivity index (χ4n) is 2.61. The molecule has 1 aromatic carbocycles. The molecule has 3 aromatic heterocycles. The topological polar surface area (TPSA) is 94.6 Å². The van der Waals surface area contributed by atoms with Gasteiger partial charge in [0.15, 0.2) is 9.37 Å². The highest BCUT2D eigenvalue weighted by molar-refractivity contribution is 14.1. The Labute approximate surface area is 179 Å². The lowest BCUT2D eigenvalue weighted by molar-refractivity contribution is 0.418. The van der Waals surface area contributed by atoms with Gasteiger partial charge in [-0.15, -0.1) is 10.2 Å². The second-order valence-corrected chi connectivity index (χ2v) is 8.80. The van der Waals surface area contributed by atoms with Crippen LogP contribution in [0.2, 0.25) is 5.02 Å². The Morgan fingerprint density at radius 2 is 1.93 bits per heavy atom. The molecule has 4 aromatic rings. The van der Waals surface area contributed by atoms with E-state index < -0.39 is 3.55 Å². The molecule has 3 heterocycles. The second kappa shape index (κ2) is 7.47. The Hall–Kier alpha value is -2.53. The molecule has 0 fully saturated rings. The minimum atomic E-state index is -0.672. The van der Waals surface area contributed by atoms with Crippen LogP contribution in [0.5, 0.6) is 0 Å². The number of halogens is 2. The molecule has 0 aliphatic heterocycles. The summed E-state index contributed by atoms with van der Waals surface area (Å²) in [6, 6.07) is 11.0. The summed E-state index contributed by atoms with van der Waals surface area (Å²) in [6.07, 6.45) is 3.44. The third-order valence-corrected chi connectivity index (χ3v) is 5.06. The fraction of sp³-hybridized carbons (Fsp3) is 0.167. The van der Waals surface area contributed by atoms with Crippen molar-refractivity contribution in [1.82, 2.24) is 29.9 Å². The van der Waals surface area contributed by atoms with Crippen LogP contribution < -0.4 is 5.32 Å². The highest BCUT2D eigenvalue weighted by Gasteiger charge is 2.31. The Morgan fingerprint density at radius 1 is 1.14 bits per heavy atom. The number of nitrogens with one attached hydrogen (secondary N) is 1. The molecule has 10 heteroatoms. The van der Waals surface area contributed by atoms with Crippen molar-refractivity contribution in [2.45, 2.75) is 10.5 Å². The maximum Gasteiger partial charge on any atom is 0.258 e. The van der Waals surface area contributed by atoms with Gasteiger partial charge in [-0.05, 0) is 59.8 Å². The molecule has 0 radical (unpaired) electrons. The van der Waals surface area contributed by atoms with Gasteiger partial charge in [-0.2, -0.15) is 4.98 Å². The zero-order valence-corrected chi connectivity index (χ0v) is 17.9. The second-order valence-electron chi connectivity index (χ2n) is 6.20. The molecule has 28 heavy (non-hydrogen) atoms. The van der Waals surface area contributed by atoms with Gasteiger partial charge in [-0.3, -0.25) is 9.55 Å². The monoisotopic (exact) mass is 507 g/mol. The number of hydrogen-bond acceptors (Lipinski definition) is 7. The van der Waals surface area contributed by atoms with E-state index in [0.29, 0.717) is 22.7 Å². The first-order valence-electron chi connectivity index (χ1n) is 8.31. The first kappa shape index (κ1) is 18.8. The zero-order valence-electron chi connectivity index (χ0n) is 15.0. The number of anilines is 1. The van der Waals surface area contributed by atoms with E-state index in [4.69, 9.17) is 16.1 Å². The predicted octanol–water partition coefficient (Wildman–Crippen LogP) is 4.30. The van der Waals surface area contributed by atoms with Crippen molar-refractivity contribution in [3.8, 4) is 22.8 Å². The van der Waals surface area contributed by atoms with Crippen LogP contribution >= 0.6 is 34.2 Å². The van der Waals surface area contributed by atoms with E-state index in [9.17, 15) is 0 Å². The molecule has 0 amide bonds. The van der Waals surface area contributed by atoms with Crippen LogP contribution in [0.15, 0.2) is 53.3 Å². The Morgan fingerprint density at radius 3 is 2.68 bits per heavy atom. The molecule has 0 bridgehead atoms. The van der Waals surface area contributed by atoms with Crippen molar-refractivity contribution in [2.24, 2.45) is 7.05 Å². The number of pyridine rings is 1. The number of rotatable bonds is 5. The molecular weight excluding hydrogens is 493 g/mol. The van der Waals surface area contributed by atoms with Crippen molar-refractivity contribution in [1.29, 1.82) is 0 Å². The fourth-order valence-corrected chi connectivity index (χ4v) is 3.26. The molecule has 1 atom stereocenters. The standard InChI is InChI=1S/C18H15ClIN7O/c1-18(20,16-22-15(28-26-16)12-4-3-5-13(19)10-12)23-17-25-24-14(27(17)2)11-6-8-21-9-7-11/h3-10H,1-2H3,(H,23,25)/t18-/m1/s1. The van der Waals surface area contributed by atoms with E-state index in [-0.39, 0.29) is 0 Å². The molecule has 0 aliphatic rings. The number of benzene rings is 1. The summed E-state index contributed by atoms with van der Waals surface area (Å²) in [7, 11) is 1.89. The van der Waals surface area contributed by atoms with Crippen LogP contribution in [0.3, 0.4) is 0 Å². The smallest absolute Gasteiger partial charge is 0.258 e. The molecule has 0 spiro atoms. The first-order chi connectivity index (χ1) is 13.4. The molecule has 0 aliphatic carbocycles. The molecule has 4 rings (SSSR count). The lowest BCUT2D eigenvalue weighted by atomic mass is 10.2. The van der Waals surface area contributed by atoms with Gasteiger partial charge in [-0.1, -0.05) is 22.8 Å². The minimum absolute atomic E-state index is 0.401. The van der Waals surface area contributed by atoms with Gasteiger partial charge in [-0.25, -0.2) is 0 Å². The molecule has 8 nitrogen and oxygen atoms in total. The highest BCUT2D eigenvalue weighted by atomic mass is 127. The maximum absolute atomic E-state index is 6.04. The summed E-state index contributed by atoms with van der Waals surface area (Å²) in [6.45, 7) is 1.93. The zero-order chi connectivity index (χ0) is 19.7. The third kappa shape index (κ3) is 3.72. The summed E-state index contributed by atoms with van der Waals surface area (Å²) < 4.78 is 6.61. The van der Waals surface area contributed by atoms with Crippen LogP contribution in [0.25, 0.3) is 22.8 Å². The van der Waals surface area contributed by atoms with Crippen molar-refractivity contribution in [3.63, 3.8) is 0 Å². The van der Waals surface area contributed by atoms with Crippen LogP contribution in [0.4, 0.5) is 5.95 Å². The Kier molecular flexibility index (Phi) is 5.02. The van der Waals surface area contributed by atoms with Crippen LogP contribution in [-0.2, 0) is 10.6 Å². The Balaban J connectivity index is 1.59. The van der Waals surface area contributed by atoms with E-state index in [0.717, 1.165) is 17.0 Å². The average molecular weight is 508 g/mol. The van der Waals surface area contributed by atoms with Crippen molar-refractivity contribution in [2.75, 3.05) is 5.32 Å². The summed E-state index contributed by atoms with van der Waals surface area (Å²) in [5.74, 6) is 2.19. The maximum atomic E-state index is 6.04. The molecule has 0 saturated carbocycles. The van der Waals surface area contributed by atoms with Crippen molar-refractivity contribution in [3.05, 3.63) is 59.6 Å². The van der Waals surface area contributed by atoms with Gasteiger partial charge in [0.25, 0.3) is 5.89 Å². The quantitative estimate of drug-likeness (QED) is 0.244. The van der Waals surface area contributed by atoms with Crippen molar-refractivity contribution >= 4 is 40.1 Å². The summed E-state index contributed by atoms with van der Waals surface area (Å²) >= 11 is 8.26. The first-order valence-corrected chi connectivity index (χ1v) is 9.77. The molecule has 142 valence electrons. The van der Waals surface area contributed by atoms with E-state index in [1.165, 1.54) is 0 Å². The third-order valence-electron chi connectivity index (χ3n) is 4.08. The summed E-state index contributed by atoms with van der Waals surface area (Å²) in [5, 5.41) is 16.6. The van der Waals surface area contributed by atoms with E-state index in [1.807, 2.05) is 42.8 Å². The van der Waals surface area contributed by atoms with Gasteiger partial charge in [0, 0.05) is 35.6 Å². The van der Waals surface area contributed by atoms with E-state index >= 15 is 0 Å². The SMILES string of the molecule is Cn1c(N[C@@](C)(I)c2noc(-c3cccc(Cl)c3)n2)nnc1-c1ccncc1.